The number of rotatable bonds is 9. The Kier molecular flexibility index (Phi) is 7.53. The van der Waals surface area contributed by atoms with Gasteiger partial charge in [0.15, 0.2) is 0 Å². The normalized spacial score (nSPS) is 10.9. The molecule has 0 aliphatic carbocycles. The Labute approximate surface area is 136 Å². The van der Waals surface area contributed by atoms with Gasteiger partial charge in [-0.3, -0.25) is 14.3 Å². The molecule has 0 radical (unpaired) electrons. The van der Waals surface area contributed by atoms with E-state index >= 15 is 0 Å². The van der Waals surface area contributed by atoms with Crippen molar-refractivity contribution in [3.8, 4) is 0 Å². The molecule has 0 heterocycles. The summed E-state index contributed by atoms with van der Waals surface area (Å²) in [6.45, 7) is 2.73. The Balaban J connectivity index is 2.36. The van der Waals surface area contributed by atoms with Gasteiger partial charge in [-0.25, -0.2) is 8.42 Å². The zero-order valence-electron chi connectivity index (χ0n) is 13.4. The molecule has 1 rings (SSSR count). The van der Waals surface area contributed by atoms with E-state index < -0.39 is 10.0 Å². The molecule has 0 bridgehead atoms. The Bertz CT molecular complexity index is 627. The number of hydrogen-bond donors (Lipinski definition) is 3. The van der Waals surface area contributed by atoms with Crippen LogP contribution in [0.2, 0.25) is 0 Å². The highest BCUT2D eigenvalue weighted by Crippen LogP contribution is 2.10. The van der Waals surface area contributed by atoms with Crippen molar-refractivity contribution in [1.29, 1.82) is 0 Å². The van der Waals surface area contributed by atoms with Crippen molar-refractivity contribution in [2.75, 3.05) is 24.1 Å². The van der Waals surface area contributed by atoms with Crippen LogP contribution in [0.5, 0.6) is 0 Å². The lowest BCUT2D eigenvalue weighted by Crippen LogP contribution is -2.34. The second-order valence-corrected chi connectivity index (χ2v) is 6.91. The first-order chi connectivity index (χ1) is 10.8. The summed E-state index contributed by atoms with van der Waals surface area (Å²) in [5.41, 5.74) is 0.814. The molecular weight excluding hydrogens is 318 g/mol. The largest absolute Gasteiger partial charge is 0.354 e. The number of nitrogens with one attached hydrogen (secondary N) is 3. The van der Waals surface area contributed by atoms with Gasteiger partial charge in [0.1, 0.15) is 0 Å². The van der Waals surface area contributed by atoms with Crippen molar-refractivity contribution < 1.29 is 18.0 Å². The van der Waals surface area contributed by atoms with Crippen LogP contribution < -0.4 is 15.4 Å². The SMILES string of the molecule is CCCCC(=O)NCCNC(=O)c1ccc(NS(C)(=O)=O)cc1. The quantitative estimate of drug-likeness (QED) is 0.585. The molecule has 0 spiro atoms. The van der Waals surface area contributed by atoms with E-state index in [1.807, 2.05) is 6.92 Å². The van der Waals surface area contributed by atoms with Gasteiger partial charge in [-0.05, 0) is 30.7 Å². The van der Waals surface area contributed by atoms with Gasteiger partial charge in [-0.2, -0.15) is 0 Å². The first-order valence-electron chi connectivity index (χ1n) is 7.44. The second-order valence-electron chi connectivity index (χ2n) is 5.16. The van der Waals surface area contributed by atoms with Crippen molar-refractivity contribution in [2.45, 2.75) is 26.2 Å². The lowest BCUT2D eigenvalue weighted by atomic mass is 10.2. The molecule has 0 fully saturated rings. The Morgan fingerprint density at radius 2 is 1.65 bits per heavy atom. The van der Waals surface area contributed by atoms with E-state index in [-0.39, 0.29) is 11.8 Å². The molecule has 7 nitrogen and oxygen atoms in total. The minimum atomic E-state index is -3.33. The summed E-state index contributed by atoms with van der Waals surface area (Å²) >= 11 is 0. The van der Waals surface area contributed by atoms with Crippen LogP contribution in [0, 0.1) is 0 Å². The monoisotopic (exact) mass is 341 g/mol. The van der Waals surface area contributed by atoms with Crippen molar-refractivity contribution >= 4 is 27.5 Å². The van der Waals surface area contributed by atoms with E-state index in [2.05, 4.69) is 15.4 Å². The maximum absolute atomic E-state index is 11.9. The van der Waals surface area contributed by atoms with Crippen LogP contribution >= 0.6 is 0 Å². The van der Waals surface area contributed by atoms with E-state index in [1.165, 1.54) is 24.3 Å². The highest BCUT2D eigenvalue weighted by atomic mass is 32.2. The topological polar surface area (TPSA) is 104 Å². The van der Waals surface area contributed by atoms with Gasteiger partial charge in [0.05, 0.1) is 6.26 Å². The number of benzene rings is 1. The number of sulfonamides is 1. The molecule has 0 aromatic heterocycles. The molecule has 128 valence electrons. The van der Waals surface area contributed by atoms with Crippen LogP contribution in [0.15, 0.2) is 24.3 Å². The van der Waals surface area contributed by atoms with Gasteiger partial charge in [-0.15, -0.1) is 0 Å². The number of amides is 2. The first kappa shape index (κ1) is 19.0. The standard InChI is InChI=1S/C15H23N3O4S/c1-3-4-5-14(19)16-10-11-17-15(20)12-6-8-13(9-7-12)18-23(2,21)22/h6-9,18H,3-5,10-11H2,1-2H3,(H,16,19)(H,17,20). The number of anilines is 1. The molecule has 0 atom stereocenters. The fraction of sp³-hybridized carbons (Fsp3) is 0.467. The molecule has 2 amide bonds. The molecule has 3 N–H and O–H groups in total. The van der Waals surface area contributed by atoms with Crippen molar-refractivity contribution in [1.82, 2.24) is 10.6 Å². The summed E-state index contributed by atoms with van der Waals surface area (Å²) in [6, 6.07) is 6.09. The molecule has 8 heteroatoms. The summed E-state index contributed by atoms with van der Waals surface area (Å²) in [7, 11) is -3.33. The van der Waals surface area contributed by atoms with E-state index in [4.69, 9.17) is 0 Å². The van der Waals surface area contributed by atoms with Crippen molar-refractivity contribution in [3.63, 3.8) is 0 Å². The third kappa shape index (κ3) is 8.20. The zero-order valence-corrected chi connectivity index (χ0v) is 14.2. The van der Waals surface area contributed by atoms with Crippen LogP contribution in [0.25, 0.3) is 0 Å². The lowest BCUT2D eigenvalue weighted by molar-refractivity contribution is -0.121. The zero-order chi connectivity index (χ0) is 17.3. The first-order valence-corrected chi connectivity index (χ1v) is 9.33. The molecule has 23 heavy (non-hydrogen) atoms. The third-order valence-electron chi connectivity index (χ3n) is 2.94. The summed E-state index contributed by atoms with van der Waals surface area (Å²) in [4.78, 5) is 23.3. The van der Waals surface area contributed by atoms with Crippen LogP contribution in [0.4, 0.5) is 5.69 Å². The van der Waals surface area contributed by atoms with Gasteiger partial charge in [-0.1, -0.05) is 13.3 Å². The highest BCUT2D eigenvalue weighted by molar-refractivity contribution is 7.92. The van der Waals surface area contributed by atoms with Crippen molar-refractivity contribution in [3.05, 3.63) is 29.8 Å². The van der Waals surface area contributed by atoms with Crippen molar-refractivity contribution in [2.24, 2.45) is 0 Å². The van der Waals surface area contributed by atoms with E-state index in [9.17, 15) is 18.0 Å². The van der Waals surface area contributed by atoms with E-state index in [0.29, 0.717) is 30.8 Å². The third-order valence-corrected chi connectivity index (χ3v) is 3.55. The Morgan fingerprint density at radius 1 is 1.04 bits per heavy atom. The molecule has 0 unspecified atom stereocenters. The highest BCUT2D eigenvalue weighted by Gasteiger charge is 2.07. The number of unbranched alkanes of at least 4 members (excludes halogenated alkanes) is 1. The molecular formula is C15H23N3O4S. The summed E-state index contributed by atoms with van der Waals surface area (Å²) < 4.78 is 24.5. The molecule has 0 aliphatic heterocycles. The molecule has 0 saturated heterocycles. The second kappa shape index (κ2) is 9.14. The van der Waals surface area contributed by atoms with Gasteiger partial charge in [0.25, 0.3) is 5.91 Å². The summed E-state index contributed by atoms with van der Waals surface area (Å²) in [6.07, 6.45) is 3.38. The smallest absolute Gasteiger partial charge is 0.251 e. The van der Waals surface area contributed by atoms with E-state index in [1.54, 1.807) is 0 Å². The Morgan fingerprint density at radius 3 is 2.22 bits per heavy atom. The van der Waals surface area contributed by atoms with Crippen LogP contribution in [-0.2, 0) is 14.8 Å². The maximum atomic E-state index is 11.9. The number of carbonyl (C=O) groups is 2. The average Bonchev–Trinajstić information content (AvgIpc) is 2.48. The molecule has 0 aliphatic rings. The van der Waals surface area contributed by atoms with Crippen LogP contribution in [0.1, 0.15) is 36.5 Å². The number of hydrogen-bond acceptors (Lipinski definition) is 4. The summed E-state index contributed by atoms with van der Waals surface area (Å²) in [5, 5.41) is 5.41. The summed E-state index contributed by atoms with van der Waals surface area (Å²) in [5.74, 6) is -0.295. The van der Waals surface area contributed by atoms with Gasteiger partial charge in [0.2, 0.25) is 15.9 Å². The Hall–Kier alpha value is -2.09. The van der Waals surface area contributed by atoms with Gasteiger partial charge in [0, 0.05) is 30.8 Å². The molecule has 1 aromatic rings. The van der Waals surface area contributed by atoms with Crippen LogP contribution in [-0.4, -0.2) is 39.6 Å². The maximum Gasteiger partial charge on any atom is 0.251 e. The molecule has 1 aromatic carbocycles. The van der Waals surface area contributed by atoms with Crippen LogP contribution in [0.3, 0.4) is 0 Å². The molecule has 0 saturated carbocycles. The predicted octanol–water partition coefficient (Wildman–Crippen LogP) is 1.09. The van der Waals surface area contributed by atoms with Gasteiger partial charge < -0.3 is 10.6 Å². The van der Waals surface area contributed by atoms with Gasteiger partial charge >= 0.3 is 0 Å². The predicted molar refractivity (Wildman–Crippen MR) is 89.8 cm³/mol. The fourth-order valence-corrected chi connectivity index (χ4v) is 2.37. The fourth-order valence-electron chi connectivity index (χ4n) is 1.81. The number of carbonyl (C=O) groups excluding carboxylic acids is 2. The minimum Gasteiger partial charge on any atom is -0.354 e. The lowest BCUT2D eigenvalue weighted by Gasteiger charge is -2.08. The minimum absolute atomic E-state index is 0.0164. The average molecular weight is 341 g/mol. The van der Waals surface area contributed by atoms with E-state index in [0.717, 1.165) is 19.1 Å².